The molecule has 0 aliphatic carbocycles. The van der Waals surface area contributed by atoms with Gasteiger partial charge in [-0.25, -0.2) is 0 Å². The van der Waals surface area contributed by atoms with Gasteiger partial charge in [-0.2, -0.15) is 0 Å². The average Bonchev–Trinajstić information content (AvgIpc) is 2.87. The minimum atomic E-state index is -1.90. The lowest BCUT2D eigenvalue weighted by molar-refractivity contribution is -0.357. The number of carbonyl (C=O) groups is 7. The molecule has 0 saturated carbocycles. The van der Waals surface area contributed by atoms with E-state index in [4.69, 9.17) is 47.4 Å². The average molecular weight is 637 g/mol. The summed E-state index contributed by atoms with van der Waals surface area (Å²) < 4.78 is 54.1. The maximum atomic E-state index is 12.2. The second-order valence-corrected chi connectivity index (χ2v) is 9.68. The maximum absolute atomic E-state index is 12.2. The van der Waals surface area contributed by atoms with E-state index in [2.05, 4.69) is 0 Å². The second kappa shape index (κ2) is 16.3. The van der Waals surface area contributed by atoms with Crippen LogP contribution in [-0.2, 0) is 80.9 Å². The largest absolute Gasteiger partial charge is 0.463 e. The number of rotatable bonds is 11. The molecule has 0 radical (unpaired) electrons. The zero-order valence-electron chi connectivity index (χ0n) is 25.1. The maximum Gasteiger partial charge on any atom is 0.303 e. The summed E-state index contributed by atoms with van der Waals surface area (Å²) in [4.78, 5) is 83.5. The standard InChI is InChI=1S/C26H36O18/c1-10(27)35-8-17-20(21(38-13(4)30)23(25(34)42-17)40-15(6)32)44-26-24(41-16(7)33)22(39-14(5)31)19(37-12(3)29)18(43-26)9-36-11(2)28/h17-26,34H,8-9H2,1-7H3/t17-,18+,19+,20-,21+,22-,23-,24-,25-,26-/m0/s1. The van der Waals surface area contributed by atoms with Gasteiger partial charge in [0.05, 0.1) is 0 Å². The first-order valence-corrected chi connectivity index (χ1v) is 13.3. The van der Waals surface area contributed by atoms with Crippen LogP contribution in [0.5, 0.6) is 0 Å². The van der Waals surface area contributed by atoms with Crippen LogP contribution in [0.15, 0.2) is 0 Å². The fourth-order valence-electron chi connectivity index (χ4n) is 4.49. The molecule has 18 heteroatoms. The van der Waals surface area contributed by atoms with Crippen LogP contribution in [0, 0.1) is 0 Å². The molecular formula is C26H36O18. The monoisotopic (exact) mass is 636 g/mol. The predicted molar refractivity (Wildman–Crippen MR) is 135 cm³/mol. The fourth-order valence-corrected chi connectivity index (χ4v) is 4.49. The molecular weight excluding hydrogens is 600 g/mol. The van der Waals surface area contributed by atoms with Gasteiger partial charge in [-0.1, -0.05) is 0 Å². The Morgan fingerprint density at radius 1 is 0.477 bits per heavy atom. The number of esters is 7. The summed E-state index contributed by atoms with van der Waals surface area (Å²) in [5.74, 6) is -6.03. The summed E-state index contributed by atoms with van der Waals surface area (Å²) >= 11 is 0. The molecule has 0 aromatic carbocycles. The first-order chi connectivity index (χ1) is 20.5. The Bertz CT molecular complexity index is 1090. The van der Waals surface area contributed by atoms with Crippen molar-refractivity contribution in [3.63, 3.8) is 0 Å². The highest BCUT2D eigenvalue weighted by Crippen LogP contribution is 2.34. The highest BCUT2D eigenvalue weighted by atomic mass is 16.8. The zero-order chi connectivity index (χ0) is 33.3. The van der Waals surface area contributed by atoms with Crippen LogP contribution in [0.1, 0.15) is 48.5 Å². The summed E-state index contributed by atoms with van der Waals surface area (Å²) in [7, 11) is 0. The molecule has 0 spiro atoms. The van der Waals surface area contributed by atoms with Gasteiger partial charge >= 0.3 is 41.8 Å². The van der Waals surface area contributed by atoms with E-state index in [1.165, 1.54) is 0 Å². The number of ether oxygens (including phenoxy) is 10. The Morgan fingerprint density at radius 2 is 0.841 bits per heavy atom. The Morgan fingerprint density at radius 3 is 1.27 bits per heavy atom. The summed E-state index contributed by atoms with van der Waals surface area (Å²) in [6.07, 6.45) is -16.3. The van der Waals surface area contributed by atoms with Gasteiger partial charge in [-0.15, -0.1) is 0 Å². The number of carbonyl (C=O) groups excluding carboxylic acids is 7. The van der Waals surface area contributed by atoms with E-state index in [-0.39, 0.29) is 0 Å². The minimum absolute atomic E-state index is 0.572. The van der Waals surface area contributed by atoms with Gasteiger partial charge < -0.3 is 52.5 Å². The van der Waals surface area contributed by atoms with Crippen molar-refractivity contribution in [2.24, 2.45) is 0 Å². The molecule has 0 bridgehead atoms. The van der Waals surface area contributed by atoms with Crippen molar-refractivity contribution in [1.29, 1.82) is 0 Å². The molecule has 0 aromatic rings. The smallest absolute Gasteiger partial charge is 0.303 e. The van der Waals surface area contributed by atoms with Crippen LogP contribution in [0.25, 0.3) is 0 Å². The Balaban J connectivity index is 2.66. The topological polar surface area (TPSA) is 232 Å². The van der Waals surface area contributed by atoms with Gasteiger partial charge in [0.2, 0.25) is 0 Å². The van der Waals surface area contributed by atoms with Crippen molar-refractivity contribution in [2.45, 2.75) is 110 Å². The first-order valence-electron chi connectivity index (χ1n) is 13.3. The predicted octanol–water partition coefficient (Wildman–Crippen LogP) is -1.40. The lowest BCUT2D eigenvalue weighted by Crippen LogP contribution is -2.67. The molecule has 2 aliphatic heterocycles. The summed E-state index contributed by atoms with van der Waals surface area (Å²) in [5.41, 5.74) is 0. The van der Waals surface area contributed by atoms with Crippen LogP contribution in [0.3, 0.4) is 0 Å². The van der Waals surface area contributed by atoms with Crippen molar-refractivity contribution < 1.29 is 86.0 Å². The lowest BCUT2D eigenvalue weighted by Gasteiger charge is -2.48. The third-order valence-corrected chi connectivity index (χ3v) is 5.90. The molecule has 18 nitrogen and oxygen atoms in total. The van der Waals surface area contributed by atoms with Crippen molar-refractivity contribution in [1.82, 2.24) is 0 Å². The van der Waals surface area contributed by atoms with Gasteiger partial charge in [-0.3, -0.25) is 33.6 Å². The van der Waals surface area contributed by atoms with Gasteiger partial charge in [0.15, 0.2) is 43.1 Å². The Hall–Kier alpha value is -3.87. The minimum Gasteiger partial charge on any atom is -0.463 e. The van der Waals surface area contributed by atoms with Crippen LogP contribution in [0.2, 0.25) is 0 Å². The van der Waals surface area contributed by atoms with Gasteiger partial charge in [-0.05, 0) is 0 Å². The highest BCUT2D eigenvalue weighted by molar-refractivity contribution is 5.69. The molecule has 248 valence electrons. The molecule has 1 N–H and O–H groups in total. The normalized spacial score (nSPS) is 31.5. The second-order valence-electron chi connectivity index (χ2n) is 9.68. The van der Waals surface area contributed by atoms with Crippen molar-refractivity contribution in [3.05, 3.63) is 0 Å². The SMILES string of the molecule is CC(=O)OC[C@@H]1O[C@H](O)[C@@H](OC(C)=O)[C@H](OC(C)=O)[C@H]1O[C@@H]1O[C@H](COC(C)=O)[C@@H](OC(C)=O)[C@H](OC(C)=O)[C@@H]1OC(C)=O. The van der Waals surface area contributed by atoms with E-state index >= 15 is 0 Å². The summed E-state index contributed by atoms with van der Waals surface area (Å²) in [6, 6.07) is 0. The van der Waals surface area contributed by atoms with Crippen molar-refractivity contribution in [2.75, 3.05) is 13.2 Å². The molecule has 2 heterocycles. The molecule has 0 aromatic heterocycles. The van der Waals surface area contributed by atoms with Crippen LogP contribution < -0.4 is 0 Å². The molecule has 10 atom stereocenters. The van der Waals surface area contributed by atoms with Crippen LogP contribution >= 0.6 is 0 Å². The number of hydrogen-bond donors (Lipinski definition) is 1. The van der Waals surface area contributed by atoms with E-state index in [1.54, 1.807) is 0 Å². The van der Waals surface area contributed by atoms with E-state index in [0.29, 0.717) is 0 Å². The van der Waals surface area contributed by atoms with E-state index in [0.717, 1.165) is 48.5 Å². The molecule has 44 heavy (non-hydrogen) atoms. The highest BCUT2D eigenvalue weighted by Gasteiger charge is 2.57. The van der Waals surface area contributed by atoms with E-state index in [9.17, 15) is 38.7 Å². The number of hydrogen-bond acceptors (Lipinski definition) is 18. The third kappa shape index (κ3) is 10.7. The molecule has 2 saturated heterocycles. The summed E-state index contributed by atoms with van der Waals surface area (Å²) in [5, 5.41) is 10.6. The molecule has 2 fully saturated rings. The van der Waals surface area contributed by atoms with Crippen LogP contribution in [0.4, 0.5) is 0 Å². The van der Waals surface area contributed by atoms with Gasteiger partial charge in [0.25, 0.3) is 0 Å². The third-order valence-electron chi connectivity index (χ3n) is 5.90. The summed E-state index contributed by atoms with van der Waals surface area (Å²) in [6.45, 7) is 6.11. The Kier molecular flexibility index (Phi) is 13.4. The molecule has 0 unspecified atom stereocenters. The van der Waals surface area contributed by atoms with Crippen molar-refractivity contribution in [3.8, 4) is 0 Å². The van der Waals surface area contributed by atoms with Crippen molar-refractivity contribution >= 4 is 41.8 Å². The first kappa shape index (κ1) is 36.3. The number of aliphatic hydroxyl groups is 1. The fraction of sp³-hybridized carbons (Fsp3) is 0.731. The van der Waals surface area contributed by atoms with Gasteiger partial charge in [0.1, 0.15) is 31.5 Å². The zero-order valence-corrected chi connectivity index (χ0v) is 25.1. The Labute approximate surface area is 251 Å². The molecule has 2 rings (SSSR count). The quantitative estimate of drug-likeness (QED) is 0.203. The van der Waals surface area contributed by atoms with E-state index < -0.39 is 116 Å². The van der Waals surface area contributed by atoms with Gasteiger partial charge in [0, 0.05) is 48.5 Å². The molecule has 2 aliphatic rings. The van der Waals surface area contributed by atoms with E-state index in [1.807, 2.05) is 0 Å². The number of aliphatic hydroxyl groups excluding tert-OH is 1. The van der Waals surface area contributed by atoms with Crippen LogP contribution in [-0.4, -0.2) is 122 Å². The molecule has 0 amide bonds. The lowest BCUT2D eigenvalue weighted by atomic mass is 9.96.